The van der Waals surface area contributed by atoms with Gasteiger partial charge in [0.25, 0.3) is 0 Å². The van der Waals surface area contributed by atoms with E-state index in [1.165, 1.54) is 3.57 Å². The van der Waals surface area contributed by atoms with Gasteiger partial charge in [0, 0.05) is 3.57 Å². The summed E-state index contributed by atoms with van der Waals surface area (Å²) in [5, 5.41) is 0. The monoisotopic (exact) mass is 238 g/mol. The highest BCUT2D eigenvalue weighted by Crippen LogP contribution is 1.99. The van der Waals surface area contributed by atoms with Crippen molar-refractivity contribution in [2.75, 3.05) is 0 Å². The van der Waals surface area contributed by atoms with Crippen molar-refractivity contribution in [3.05, 3.63) is 33.9 Å². The van der Waals surface area contributed by atoms with Gasteiger partial charge in [-0.2, -0.15) is 13.5 Å². The molecular formula is C6H7IS. The molecule has 2 heteroatoms. The molecule has 1 aromatic carbocycles. The fourth-order valence-electron chi connectivity index (χ4n) is 0.415. The van der Waals surface area contributed by atoms with E-state index in [2.05, 4.69) is 34.7 Å². The molecule has 0 saturated heterocycles. The van der Waals surface area contributed by atoms with E-state index in [0.29, 0.717) is 0 Å². The Morgan fingerprint density at radius 1 is 1.00 bits per heavy atom. The molecule has 0 nitrogen and oxygen atoms in total. The molecule has 0 heterocycles. The Bertz CT molecular complexity index is 138. The van der Waals surface area contributed by atoms with Gasteiger partial charge in [-0.15, -0.1) is 0 Å². The lowest BCUT2D eigenvalue weighted by Crippen LogP contribution is -1.61. The van der Waals surface area contributed by atoms with Crippen LogP contribution in [0.5, 0.6) is 0 Å². The fraction of sp³-hybridized carbons (Fsp3) is 0. The zero-order valence-electron chi connectivity index (χ0n) is 4.26. The Balaban J connectivity index is 0.000000490. The summed E-state index contributed by atoms with van der Waals surface area (Å²) in [7, 11) is 0. The number of rotatable bonds is 0. The molecule has 1 aromatic rings. The second-order valence-electron chi connectivity index (χ2n) is 1.30. The summed E-state index contributed by atoms with van der Waals surface area (Å²) in [6.45, 7) is 0. The molecule has 0 N–H and O–H groups in total. The maximum absolute atomic E-state index is 2.28. The first-order chi connectivity index (χ1) is 3.39. The Morgan fingerprint density at radius 3 is 1.75 bits per heavy atom. The minimum Gasteiger partial charge on any atom is -0.197 e. The summed E-state index contributed by atoms with van der Waals surface area (Å²) in [5.74, 6) is 0. The first-order valence-corrected chi connectivity index (χ1v) is 3.18. The minimum atomic E-state index is 0. The van der Waals surface area contributed by atoms with Crippen LogP contribution in [-0.4, -0.2) is 0 Å². The van der Waals surface area contributed by atoms with Gasteiger partial charge < -0.3 is 0 Å². The van der Waals surface area contributed by atoms with Gasteiger partial charge >= 0.3 is 0 Å². The van der Waals surface area contributed by atoms with E-state index in [-0.39, 0.29) is 13.5 Å². The average Bonchev–Trinajstić information content (AvgIpc) is 1.69. The van der Waals surface area contributed by atoms with Gasteiger partial charge in [0.1, 0.15) is 0 Å². The first kappa shape index (κ1) is 8.30. The molecule has 0 bridgehead atoms. The molecule has 1 rings (SSSR count). The van der Waals surface area contributed by atoms with Crippen molar-refractivity contribution in [1.29, 1.82) is 0 Å². The third-order valence-corrected chi connectivity index (χ3v) is 1.45. The fourth-order valence-corrected chi connectivity index (χ4v) is 0.830. The molecule has 0 aliphatic rings. The van der Waals surface area contributed by atoms with Crippen LogP contribution >= 0.6 is 36.1 Å². The van der Waals surface area contributed by atoms with Crippen molar-refractivity contribution in [2.45, 2.75) is 0 Å². The Hall–Kier alpha value is 0.300. The molecule has 44 valence electrons. The van der Waals surface area contributed by atoms with Gasteiger partial charge in [-0.3, -0.25) is 0 Å². The quantitative estimate of drug-likeness (QED) is 0.609. The van der Waals surface area contributed by atoms with Crippen LogP contribution in [0.3, 0.4) is 0 Å². The molecule has 0 atom stereocenters. The van der Waals surface area contributed by atoms with Gasteiger partial charge in [-0.05, 0) is 34.7 Å². The number of hydrogen-bond donors (Lipinski definition) is 0. The molecule has 0 spiro atoms. The number of halogens is 1. The Morgan fingerprint density at radius 2 is 1.50 bits per heavy atom. The van der Waals surface area contributed by atoms with Gasteiger partial charge in [0.15, 0.2) is 0 Å². The molecule has 0 saturated carbocycles. The molecule has 0 unspecified atom stereocenters. The van der Waals surface area contributed by atoms with E-state index in [1.54, 1.807) is 0 Å². The average molecular weight is 238 g/mol. The molecule has 8 heavy (non-hydrogen) atoms. The Kier molecular flexibility index (Phi) is 4.36. The third-order valence-electron chi connectivity index (χ3n) is 0.733. The van der Waals surface area contributed by atoms with Crippen LogP contribution < -0.4 is 0 Å². The van der Waals surface area contributed by atoms with E-state index < -0.39 is 0 Å². The lowest BCUT2D eigenvalue weighted by Gasteiger charge is -1.80. The van der Waals surface area contributed by atoms with Gasteiger partial charge in [0.05, 0.1) is 0 Å². The molecular weight excluding hydrogens is 231 g/mol. The topological polar surface area (TPSA) is 0 Å². The van der Waals surface area contributed by atoms with Crippen molar-refractivity contribution in [3.8, 4) is 0 Å². The summed E-state index contributed by atoms with van der Waals surface area (Å²) in [5.41, 5.74) is 0. The predicted octanol–water partition coefficient (Wildman–Crippen LogP) is 2.40. The minimum absolute atomic E-state index is 0. The highest BCUT2D eigenvalue weighted by molar-refractivity contribution is 14.1. The third kappa shape index (κ3) is 2.57. The molecule has 0 aromatic heterocycles. The van der Waals surface area contributed by atoms with E-state index in [0.717, 1.165) is 0 Å². The van der Waals surface area contributed by atoms with Crippen LogP contribution in [0.4, 0.5) is 0 Å². The summed E-state index contributed by atoms with van der Waals surface area (Å²) in [6, 6.07) is 10.2. The highest BCUT2D eigenvalue weighted by atomic mass is 127. The highest BCUT2D eigenvalue weighted by Gasteiger charge is 1.74. The van der Waals surface area contributed by atoms with Crippen molar-refractivity contribution < 1.29 is 0 Å². The van der Waals surface area contributed by atoms with Crippen molar-refractivity contribution in [2.24, 2.45) is 0 Å². The van der Waals surface area contributed by atoms with E-state index in [4.69, 9.17) is 0 Å². The van der Waals surface area contributed by atoms with E-state index in [9.17, 15) is 0 Å². The largest absolute Gasteiger partial charge is 0.197 e. The number of hydrogen-bond acceptors (Lipinski definition) is 0. The second-order valence-corrected chi connectivity index (χ2v) is 2.54. The number of benzene rings is 1. The van der Waals surface area contributed by atoms with Crippen LogP contribution in [0.1, 0.15) is 0 Å². The van der Waals surface area contributed by atoms with Gasteiger partial charge in [0.2, 0.25) is 0 Å². The van der Waals surface area contributed by atoms with Crippen molar-refractivity contribution in [1.82, 2.24) is 0 Å². The first-order valence-electron chi connectivity index (χ1n) is 2.10. The normalized spacial score (nSPS) is 7.62. The lowest BCUT2D eigenvalue weighted by atomic mass is 10.4. The summed E-state index contributed by atoms with van der Waals surface area (Å²) < 4.78 is 1.29. The second kappa shape index (κ2) is 4.21. The summed E-state index contributed by atoms with van der Waals surface area (Å²) in [6.07, 6.45) is 0. The van der Waals surface area contributed by atoms with Crippen LogP contribution in [0, 0.1) is 3.57 Å². The standard InChI is InChI=1S/C6H5I.H2S/c7-6-4-2-1-3-5-6;/h1-5H;1H2. The zero-order chi connectivity index (χ0) is 5.11. The van der Waals surface area contributed by atoms with Crippen LogP contribution in [-0.2, 0) is 0 Å². The van der Waals surface area contributed by atoms with Crippen molar-refractivity contribution >= 4 is 36.1 Å². The maximum Gasteiger partial charge on any atom is 0.0130 e. The zero-order valence-corrected chi connectivity index (χ0v) is 7.42. The van der Waals surface area contributed by atoms with Crippen LogP contribution in [0.2, 0.25) is 0 Å². The van der Waals surface area contributed by atoms with Gasteiger partial charge in [-0.25, -0.2) is 0 Å². The molecule has 0 aliphatic heterocycles. The van der Waals surface area contributed by atoms with Crippen LogP contribution in [0.15, 0.2) is 30.3 Å². The molecule has 0 aliphatic carbocycles. The summed E-state index contributed by atoms with van der Waals surface area (Å²) >= 11 is 2.28. The SMILES string of the molecule is Ic1ccccc1.S. The van der Waals surface area contributed by atoms with Gasteiger partial charge in [-0.1, -0.05) is 18.2 Å². The van der Waals surface area contributed by atoms with Crippen molar-refractivity contribution in [3.63, 3.8) is 0 Å². The Labute approximate surface area is 69.9 Å². The lowest BCUT2D eigenvalue weighted by molar-refractivity contribution is 1.65. The van der Waals surface area contributed by atoms with E-state index in [1.807, 2.05) is 18.2 Å². The maximum atomic E-state index is 2.28. The van der Waals surface area contributed by atoms with E-state index >= 15 is 0 Å². The molecule has 0 amide bonds. The van der Waals surface area contributed by atoms with Crippen LogP contribution in [0.25, 0.3) is 0 Å². The molecule has 0 fully saturated rings. The predicted molar refractivity (Wildman–Crippen MR) is 49.5 cm³/mol. The summed E-state index contributed by atoms with van der Waals surface area (Å²) in [4.78, 5) is 0. The smallest absolute Gasteiger partial charge is 0.0130 e. The molecule has 0 radical (unpaired) electrons.